The van der Waals surface area contributed by atoms with Crippen LogP contribution in [0.5, 0.6) is 0 Å². The number of hydrogen-bond acceptors (Lipinski definition) is 4. The summed E-state index contributed by atoms with van der Waals surface area (Å²) in [4.78, 5) is 25.2. The molecule has 1 aliphatic rings. The van der Waals surface area contributed by atoms with E-state index < -0.39 is 5.97 Å². The first-order valence-electron chi connectivity index (χ1n) is 8.73. The van der Waals surface area contributed by atoms with Crippen molar-refractivity contribution in [2.24, 2.45) is 0 Å². The van der Waals surface area contributed by atoms with Crippen LogP contribution in [-0.2, 0) is 16.1 Å². The molecule has 0 atom stereocenters. The monoisotopic (exact) mass is 357 g/mol. The fourth-order valence-corrected chi connectivity index (χ4v) is 3.28. The first-order chi connectivity index (χ1) is 12.6. The van der Waals surface area contributed by atoms with E-state index in [-0.39, 0.29) is 24.1 Å². The van der Waals surface area contributed by atoms with E-state index in [2.05, 4.69) is 5.10 Å². The van der Waals surface area contributed by atoms with Crippen molar-refractivity contribution in [2.45, 2.75) is 32.4 Å². The molecule has 0 unspecified atom stereocenters. The van der Waals surface area contributed by atoms with Crippen molar-refractivity contribution >= 4 is 11.9 Å². The van der Waals surface area contributed by atoms with Crippen LogP contribution in [0.15, 0.2) is 36.5 Å². The number of hydrogen-bond donors (Lipinski definition) is 1. The molecule has 138 valence electrons. The Kier molecular flexibility index (Phi) is 5.68. The maximum atomic E-state index is 12.3. The lowest BCUT2D eigenvalue weighted by atomic mass is 10.0. The van der Waals surface area contributed by atoms with Crippen LogP contribution in [0, 0.1) is 6.92 Å². The number of aromatic nitrogens is 2. The largest absolute Gasteiger partial charge is 0.478 e. The van der Waals surface area contributed by atoms with E-state index in [0.29, 0.717) is 25.4 Å². The predicted octanol–water partition coefficient (Wildman–Crippen LogP) is 2.27. The number of likely N-dealkylation sites (tertiary alicyclic amines) is 1. The Morgan fingerprint density at radius 2 is 1.92 bits per heavy atom. The summed E-state index contributed by atoms with van der Waals surface area (Å²) in [5, 5.41) is 13.4. The van der Waals surface area contributed by atoms with E-state index in [1.165, 1.54) is 6.20 Å². The zero-order valence-electron chi connectivity index (χ0n) is 14.8. The topological polar surface area (TPSA) is 84.7 Å². The minimum absolute atomic E-state index is 0.0113. The quantitative estimate of drug-likeness (QED) is 0.857. The second-order valence-corrected chi connectivity index (χ2v) is 6.48. The summed E-state index contributed by atoms with van der Waals surface area (Å²) in [5.41, 5.74) is 1.94. The molecule has 1 aromatic heterocycles. The van der Waals surface area contributed by atoms with Gasteiger partial charge in [-0.05, 0) is 25.3 Å². The molecule has 1 saturated heterocycles. The molecular formula is C19H23N3O4. The SMILES string of the molecule is Cc1c(C(=O)O)cnn1C1CCN(C(=O)COCc2ccccc2)CC1. The molecule has 1 aliphatic heterocycles. The second kappa shape index (κ2) is 8.14. The van der Waals surface area contributed by atoms with E-state index in [0.717, 1.165) is 18.4 Å². The van der Waals surface area contributed by atoms with Crippen LogP contribution in [0.4, 0.5) is 0 Å². The third kappa shape index (κ3) is 4.11. The first-order valence-corrected chi connectivity index (χ1v) is 8.73. The molecule has 0 spiro atoms. The molecule has 1 aromatic carbocycles. The number of piperidine rings is 1. The molecule has 0 saturated carbocycles. The van der Waals surface area contributed by atoms with E-state index in [9.17, 15) is 9.59 Å². The van der Waals surface area contributed by atoms with Gasteiger partial charge in [-0.15, -0.1) is 0 Å². The molecular weight excluding hydrogens is 334 g/mol. The Morgan fingerprint density at radius 1 is 1.23 bits per heavy atom. The van der Waals surface area contributed by atoms with Gasteiger partial charge in [0.2, 0.25) is 5.91 Å². The third-order valence-corrected chi connectivity index (χ3v) is 4.78. The maximum absolute atomic E-state index is 12.3. The maximum Gasteiger partial charge on any atom is 0.339 e. The van der Waals surface area contributed by atoms with Gasteiger partial charge in [0.15, 0.2) is 0 Å². The van der Waals surface area contributed by atoms with Crippen LogP contribution >= 0.6 is 0 Å². The molecule has 0 radical (unpaired) electrons. The molecule has 1 amide bonds. The van der Waals surface area contributed by atoms with Gasteiger partial charge in [-0.25, -0.2) is 4.79 Å². The Balaban J connectivity index is 1.47. The lowest BCUT2D eigenvalue weighted by molar-refractivity contribution is -0.137. The van der Waals surface area contributed by atoms with Gasteiger partial charge in [0, 0.05) is 13.1 Å². The molecule has 1 N–H and O–H groups in total. The van der Waals surface area contributed by atoms with Gasteiger partial charge < -0.3 is 14.7 Å². The number of nitrogens with zero attached hydrogens (tertiary/aromatic N) is 3. The number of carboxylic acids is 1. The van der Waals surface area contributed by atoms with Crippen molar-refractivity contribution < 1.29 is 19.4 Å². The minimum atomic E-state index is -0.961. The molecule has 7 heteroatoms. The number of aromatic carboxylic acids is 1. The fraction of sp³-hybridized carbons (Fsp3) is 0.421. The molecule has 26 heavy (non-hydrogen) atoms. The van der Waals surface area contributed by atoms with Crippen LogP contribution < -0.4 is 0 Å². The standard InChI is InChI=1S/C19H23N3O4/c1-14-17(19(24)25)11-20-22(14)16-7-9-21(10-8-16)18(23)13-26-12-15-5-3-2-4-6-15/h2-6,11,16H,7-10,12-13H2,1H3,(H,24,25). The first kappa shape index (κ1) is 18.1. The number of carboxylic acid groups (broad SMARTS) is 1. The Morgan fingerprint density at radius 3 is 2.54 bits per heavy atom. The molecule has 7 nitrogen and oxygen atoms in total. The van der Waals surface area contributed by atoms with Crippen LogP contribution in [0.25, 0.3) is 0 Å². The normalized spacial score (nSPS) is 15.2. The lowest BCUT2D eigenvalue weighted by Crippen LogP contribution is -2.41. The summed E-state index contributed by atoms with van der Waals surface area (Å²) >= 11 is 0. The highest BCUT2D eigenvalue weighted by atomic mass is 16.5. The number of benzene rings is 1. The Labute approximate surface area is 152 Å². The van der Waals surface area contributed by atoms with Gasteiger partial charge in [0.05, 0.1) is 24.5 Å². The lowest BCUT2D eigenvalue weighted by Gasteiger charge is -2.32. The highest BCUT2D eigenvalue weighted by Crippen LogP contribution is 2.24. The summed E-state index contributed by atoms with van der Waals surface area (Å²) in [6, 6.07) is 9.88. The number of carbonyl (C=O) groups excluding carboxylic acids is 1. The van der Waals surface area contributed by atoms with E-state index in [1.807, 2.05) is 30.3 Å². The summed E-state index contributed by atoms with van der Waals surface area (Å²) in [6.07, 6.45) is 2.91. The molecule has 1 fully saturated rings. The van der Waals surface area contributed by atoms with Crippen molar-refractivity contribution in [1.29, 1.82) is 0 Å². The van der Waals surface area contributed by atoms with E-state index >= 15 is 0 Å². The summed E-state index contributed by atoms with van der Waals surface area (Å²) in [6.45, 7) is 3.52. The minimum Gasteiger partial charge on any atom is -0.478 e. The zero-order chi connectivity index (χ0) is 18.5. The van der Waals surface area contributed by atoms with Gasteiger partial charge in [-0.1, -0.05) is 30.3 Å². The van der Waals surface area contributed by atoms with E-state index in [4.69, 9.17) is 9.84 Å². The molecule has 0 aliphatic carbocycles. The van der Waals surface area contributed by atoms with Gasteiger partial charge in [-0.2, -0.15) is 5.10 Å². The van der Waals surface area contributed by atoms with Crippen molar-refractivity contribution in [1.82, 2.24) is 14.7 Å². The zero-order valence-corrected chi connectivity index (χ0v) is 14.8. The molecule has 2 aromatic rings. The summed E-state index contributed by atoms with van der Waals surface area (Å²) < 4.78 is 7.30. The average Bonchev–Trinajstić information content (AvgIpc) is 3.04. The third-order valence-electron chi connectivity index (χ3n) is 4.78. The van der Waals surface area contributed by atoms with Crippen molar-refractivity contribution in [3.8, 4) is 0 Å². The Bertz CT molecular complexity index is 764. The van der Waals surface area contributed by atoms with E-state index in [1.54, 1.807) is 16.5 Å². The molecule has 3 rings (SSSR count). The fourth-order valence-electron chi connectivity index (χ4n) is 3.28. The number of carbonyl (C=O) groups is 2. The van der Waals surface area contributed by atoms with Crippen LogP contribution in [-0.4, -0.2) is 51.4 Å². The highest BCUT2D eigenvalue weighted by molar-refractivity contribution is 5.88. The van der Waals surface area contributed by atoms with Crippen LogP contribution in [0.1, 0.15) is 40.5 Å². The number of amides is 1. The smallest absolute Gasteiger partial charge is 0.339 e. The molecule has 0 bridgehead atoms. The van der Waals surface area contributed by atoms with Gasteiger partial charge >= 0.3 is 5.97 Å². The van der Waals surface area contributed by atoms with Gasteiger partial charge in [0.25, 0.3) is 0 Å². The number of ether oxygens (including phenoxy) is 1. The number of rotatable bonds is 6. The highest BCUT2D eigenvalue weighted by Gasteiger charge is 2.26. The average molecular weight is 357 g/mol. The summed E-state index contributed by atoms with van der Waals surface area (Å²) in [5.74, 6) is -0.972. The Hall–Kier alpha value is -2.67. The van der Waals surface area contributed by atoms with Crippen molar-refractivity contribution in [3.05, 3.63) is 53.3 Å². The predicted molar refractivity (Wildman–Crippen MR) is 94.9 cm³/mol. The van der Waals surface area contributed by atoms with Crippen molar-refractivity contribution in [3.63, 3.8) is 0 Å². The van der Waals surface area contributed by atoms with Crippen molar-refractivity contribution in [2.75, 3.05) is 19.7 Å². The molecule has 2 heterocycles. The van der Waals surface area contributed by atoms with Crippen LogP contribution in [0.3, 0.4) is 0 Å². The summed E-state index contributed by atoms with van der Waals surface area (Å²) in [7, 11) is 0. The van der Waals surface area contributed by atoms with Crippen LogP contribution in [0.2, 0.25) is 0 Å². The van der Waals surface area contributed by atoms with Gasteiger partial charge in [0.1, 0.15) is 12.2 Å². The van der Waals surface area contributed by atoms with Gasteiger partial charge in [-0.3, -0.25) is 9.48 Å². The second-order valence-electron chi connectivity index (χ2n) is 6.48.